The molecule has 28 heavy (non-hydrogen) atoms. The number of benzene rings is 1. The Labute approximate surface area is 172 Å². The highest BCUT2D eigenvalue weighted by molar-refractivity contribution is 7.98. The lowest BCUT2D eigenvalue weighted by atomic mass is 9.53. The van der Waals surface area contributed by atoms with Crippen LogP contribution in [0.15, 0.2) is 40.8 Å². The van der Waals surface area contributed by atoms with Gasteiger partial charge < -0.3 is 0 Å². The molecular formula is C25H30O2S. The summed E-state index contributed by atoms with van der Waals surface area (Å²) in [4.78, 5) is 26.4. The maximum absolute atomic E-state index is 13.2. The third-order valence-electron chi connectivity index (χ3n) is 8.31. The van der Waals surface area contributed by atoms with E-state index in [1.165, 1.54) is 23.3 Å². The Morgan fingerprint density at radius 2 is 1.82 bits per heavy atom. The van der Waals surface area contributed by atoms with Crippen LogP contribution in [-0.2, 0) is 16.0 Å². The van der Waals surface area contributed by atoms with Crippen LogP contribution < -0.4 is 0 Å². The number of ketones is 2. The van der Waals surface area contributed by atoms with E-state index in [1.807, 2.05) is 0 Å². The van der Waals surface area contributed by atoms with Crippen LogP contribution in [0.3, 0.4) is 0 Å². The summed E-state index contributed by atoms with van der Waals surface area (Å²) >= 11 is 1.77. The van der Waals surface area contributed by atoms with Crippen molar-refractivity contribution in [3.63, 3.8) is 0 Å². The first-order valence-electron chi connectivity index (χ1n) is 11.0. The smallest absolute Gasteiger partial charge is 0.139 e. The molecule has 0 saturated heterocycles. The monoisotopic (exact) mass is 394 g/mol. The van der Waals surface area contributed by atoms with Crippen LogP contribution in [0.5, 0.6) is 0 Å². The molecule has 3 heteroatoms. The Bertz CT molecular complexity index is 823. The van der Waals surface area contributed by atoms with Crippen molar-refractivity contribution in [3.8, 4) is 0 Å². The third-order valence-corrected chi connectivity index (χ3v) is 9.06. The number of rotatable bonds is 3. The molecule has 0 spiro atoms. The molecule has 4 aliphatic rings. The molecule has 1 aromatic rings. The number of Topliss-reactive ketones (excluding diaryl/α,β-unsaturated/α-hetero) is 2. The molecule has 0 radical (unpaired) electrons. The van der Waals surface area contributed by atoms with E-state index in [4.69, 9.17) is 0 Å². The molecule has 3 saturated carbocycles. The van der Waals surface area contributed by atoms with Crippen molar-refractivity contribution in [2.75, 3.05) is 6.26 Å². The van der Waals surface area contributed by atoms with E-state index in [-0.39, 0.29) is 5.41 Å². The number of allylic oxidation sites excluding steroid dienone is 2. The van der Waals surface area contributed by atoms with E-state index in [2.05, 4.69) is 36.6 Å². The fourth-order valence-corrected chi connectivity index (χ4v) is 7.39. The maximum atomic E-state index is 13.2. The topological polar surface area (TPSA) is 34.1 Å². The van der Waals surface area contributed by atoms with Gasteiger partial charge in [-0.2, -0.15) is 0 Å². The van der Waals surface area contributed by atoms with Gasteiger partial charge in [0.25, 0.3) is 0 Å². The summed E-state index contributed by atoms with van der Waals surface area (Å²) in [5.74, 6) is 3.26. The zero-order valence-corrected chi connectivity index (χ0v) is 17.6. The minimum absolute atomic E-state index is 0.174. The Kier molecular flexibility index (Phi) is 4.77. The first-order chi connectivity index (χ1) is 13.6. The van der Waals surface area contributed by atoms with E-state index in [1.54, 1.807) is 17.3 Å². The summed E-state index contributed by atoms with van der Waals surface area (Å²) in [5.41, 5.74) is 2.77. The number of hydrogen-bond acceptors (Lipinski definition) is 3. The highest BCUT2D eigenvalue weighted by atomic mass is 32.2. The van der Waals surface area contributed by atoms with Crippen LogP contribution in [0.25, 0.3) is 0 Å². The van der Waals surface area contributed by atoms with Crippen LogP contribution in [0.1, 0.15) is 56.9 Å². The number of thioether (sulfide) groups is 1. The molecule has 148 valence electrons. The molecule has 4 aliphatic carbocycles. The van der Waals surface area contributed by atoms with Gasteiger partial charge in [0.2, 0.25) is 0 Å². The lowest BCUT2D eigenvalue weighted by Crippen LogP contribution is -2.45. The van der Waals surface area contributed by atoms with Gasteiger partial charge in [0, 0.05) is 29.6 Å². The van der Waals surface area contributed by atoms with Crippen molar-refractivity contribution >= 4 is 23.3 Å². The van der Waals surface area contributed by atoms with Gasteiger partial charge in [-0.25, -0.2) is 0 Å². The molecule has 5 rings (SSSR count). The standard InChI is InChI=1S/C25H30O2S/c1-28-19-6-2-16(3-7-19)15-25-13-12-21-20-9-5-18(26)14-17(20)4-8-22(21)23(25)10-11-24(25)27/h2-3,6-7,12,17,20,22-23H,4-5,8-11,13-15H2,1H3/t17?,20-,22+,23-,25+/m0/s1. The normalized spacial score (nSPS) is 37.1. The molecule has 1 aromatic carbocycles. The average Bonchev–Trinajstić information content (AvgIpc) is 3.04. The fraction of sp³-hybridized carbons (Fsp3) is 0.600. The molecule has 0 bridgehead atoms. The summed E-state index contributed by atoms with van der Waals surface area (Å²) in [7, 11) is 0. The second-order valence-electron chi connectivity index (χ2n) is 9.49. The molecule has 0 aromatic heterocycles. The minimum Gasteiger partial charge on any atom is -0.300 e. The SMILES string of the molecule is CSc1ccc(C[C@]23CC=C4[C@H]5CCC(=O)CC5CC[C@H]4[C@@H]2CCC3=O)cc1. The van der Waals surface area contributed by atoms with E-state index in [9.17, 15) is 9.59 Å². The van der Waals surface area contributed by atoms with Gasteiger partial charge in [-0.05, 0) is 86.1 Å². The van der Waals surface area contributed by atoms with Gasteiger partial charge >= 0.3 is 0 Å². The highest BCUT2D eigenvalue weighted by Crippen LogP contribution is 2.60. The number of carbonyl (C=O) groups is 2. The highest BCUT2D eigenvalue weighted by Gasteiger charge is 2.56. The van der Waals surface area contributed by atoms with E-state index in [0.29, 0.717) is 35.2 Å². The first kappa shape index (κ1) is 18.7. The van der Waals surface area contributed by atoms with E-state index < -0.39 is 0 Å². The van der Waals surface area contributed by atoms with Crippen molar-refractivity contribution < 1.29 is 9.59 Å². The molecule has 0 N–H and O–H groups in total. The van der Waals surface area contributed by atoms with Crippen LogP contribution in [0.4, 0.5) is 0 Å². The molecule has 2 nitrogen and oxygen atoms in total. The van der Waals surface area contributed by atoms with Crippen molar-refractivity contribution in [2.45, 2.75) is 62.7 Å². The Balaban J connectivity index is 1.45. The van der Waals surface area contributed by atoms with Crippen LogP contribution >= 0.6 is 11.8 Å². The molecule has 0 heterocycles. The van der Waals surface area contributed by atoms with Crippen molar-refractivity contribution in [3.05, 3.63) is 41.5 Å². The largest absolute Gasteiger partial charge is 0.300 e. The fourth-order valence-electron chi connectivity index (χ4n) is 6.98. The van der Waals surface area contributed by atoms with Gasteiger partial charge in [-0.15, -0.1) is 11.8 Å². The van der Waals surface area contributed by atoms with E-state index in [0.717, 1.165) is 44.9 Å². The Hall–Kier alpha value is -1.35. The number of hydrogen-bond donors (Lipinski definition) is 0. The summed E-state index contributed by atoms with van der Waals surface area (Å²) in [6.07, 6.45) is 13.2. The Morgan fingerprint density at radius 1 is 1.00 bits per heavy atom. The van der Waals surface area contributed by atoms with Crippen LogP contribution in [0, 0.1) is 29.1 Å². The number of fused-ring (bicyclic) bond motifs is 5. The molecule has 5 atom stereocenters. The second kappa shape index (κ2) is 7.16. The quantitative estimate of drug-likeness (QED) is 0.491. The van der Waals surface area contributed by atoms with Crippen molar-refractivity contribution in [2.24, 2.45) is 29.1 Å². The zero-order valence-electron chi connectivity index (χ0n) is 16.8. The number of carbonyl (C=O) groups excluding carboxylic acids is 2. The predicted octanol–water partition coefficient (Wildman–Crippen LogP) is 5.64. The van der Waals surface area contributed by atoms with Gasteiger partial charge in [0.1, 0.15) is 11.6 Å². The molecule has 0 aliphatic heterocycles. The predicted molar refractivity (Wildman–Crippen MR) is 113 cm³/mol. The van der Waals surface area contributed by atoms with Crippen molar-refractivity contribution in [1.29, 1.82) is 0 Å². The zero-order chi connectivity index (χ0) is 19.3. The summed E-state index contributed by atoms with van der Waals surface area (Å²) in [5, 5.41) is 0. The van der Waals surface area contributed by atoms with Crippen molar-refractivity contribution in [1.82, 2.24) is 0 Å². The molecular weight excluding hydrogens is 364 g/mol. The first-order valence-corrected chi connectivity index (χ1v) is 12.2. The minimum atomic E-state index is -0.174. The van der Waals surface area contributed by atoms with Crippen LogP contribution in [0.2, 0.25) is 0 Å². The summed E-state index contributed by atoms with van der Waals surface area (Å²) in [6.45, 7) is 0. The van der Waals surface area contributed by atoms with Gasteiger partial charge in [0.15, 0.2) is 0 Å². The van der Waals surface area contributed by atoms with Gasteiger partial charge in [-0.1, -0.05) is 23.8 Å². The summed E-state index contributed by atoms with van der Waals surface area (Å²) < 4.78 is 0. The molecule has 0 amide bonds. The van der Waals surface area contributed by atoms with Gasteiger partial charge in [-0.3, -0.25) is 9.59 Å². The van der Waals surface area contributed by atoms with Gasteiger partial charge in [0.05, 0.1) is 0 Å². The lowest BCUT2D eigenvalue weighted by molar-refractivity contribution is -0.128. The summed E-state index contributed by atoms with van der Waals surface area (Å²) in [6, 6.07) is 8.84. The third kappa shape index (κ3) is 2.93. The Morgan fingerprint density at radius 3 is 2.61 bits per heavy atom. The van der Waals surface area contributed by atoms with E-state index >= 15 is 0 Å². The van der Waals surface area contributed by atoms with Crippen LogP contribution in [-0.4, -0.2) is 17.8 Å². The molecule has 3 fully saturated rings. The second-order valence-corrected chi connectivity index (χ2v) is 10.4. The lowest BCUT2D eigenvalue weighted by Gasteiger charge is -2.50. The maximum Gasteiger partial charge on any atom is 0.139 e. The molecule has 1 unspecified atom stereocenters. The average molecular weight is 395 g/mol.